The van der Waals surface area contributed by atoms with E-state index in [9.17, 15) is 4.79 Å². The van der Waals surface area contributed by atoms with Gasteiger partial charge in [-0.1, -0.05) is 32.6 Å². The predicted molar refractivity (Wildman–Crippen MR) is 62.5 cm³/mol. The van der Waals surface area contributed by atoms with E-state index in [1.54, 1.807) is 0 Å². The highest BCUT2D eigenvalue weighted by Crippen LogP contribution is 2.22. The van der Waals surface area contributed by atoms with Crippen LogP contribution < -0.4 is 11.1 Å². The van der Waals surface area contributed by atoms with Crippen LogP contribution in [-0.4, -0.2) is 18.5 Å². The molecule has 0 heterocycles. The molecule has 1 unspecified atom stereocenters. The zero-order valence-corrected chi connectivity index (χ0v) is 9.80. The zero-order chi connectivity index (χ0) is 11.1. The van der Waals surface area contributed by atoms with Gasteiger partial charge in [0.25, 0.3) is 0 Å². The van der Waals surface area contributed by atoms with Crippen LogP contribution in [0.1, 0.15) is 51.9 Å². The van der Waals surface area contributed by atoms with Crippen LogP contribution in [0.5, 0.6) is 0 Å². The number of carbonyl (C=O) groups is 1. The van der Waals surface area contributed by atoms with E-state index in [0.29, 0.717) is 5.92 Å². The van der Waals surface area contributed by atoms with E-state index in [2.05, 4.69) is 5.32 Å². The summed E-state index contributed by atoms with van der Waals surface area (Å²) in [7, 11) is 0. The number of amides is 1. The number of hydrogen-bond acceptors (Lipinski definition) is 2. The summed E-state index contributed by atoms with van der Waals surface area (Å²) in [5.74, 6) is 0.721. The second-order valence-electron chi connectivity index (χ2n) is 4.64. The van der Waals surface area contributed by atoms with Gasteiger partial charge >= 0.3 is 0 Å². The van der Waals surface area contributed by atoms with Crippen LogP contribution in [0.4, 0.5) is 0 Å². The third kappa shape index (κ3) is 4.65. The normalized spacial score (nSPS) is 19.9. The van der Waals surface area contributed by atoms with Gasteiger partial charge in [0.2, 0.25) is 5.91 Å². The molecule has 0 aliphatic heterocycles. The van der Waals surface area contributed by atoms with E-state index < -0.39 is 0 Å². The standard InChI is InChI=1S/C12H24N2O/c1-2-6-11(13)12(15)14-9-10-7-4-3-5-8-10/h10-11H,2-9,13H2,1H3,(H,14,15). The first kappa shape index (κ1) is 12.5. The summed E-state index contributed by atoms with van der Waals surface area (Å²) < 4.78 is 0. The molecule has 3 N–H and O–H groups in total. The van der Waals surface area contributed by atoms with Gasteiger partial charge in [-0.15, -0.1) is 0 Å². The minimum absolute atomic E-state index is 0.0300. The first-order valence-corrected chi connectivity index (χ1v) is 6.27. The Kier molecular flexibility index (Phi) is 5.69. The van der Waals surface area contributed by atoms with Gasteiger partial charge in [-0.3, -0.25) is 4.79 Å². The van der Waals surface area contributed by atoms with Gasteiger partial charge in [0.05, 0.1) is 6.04 Å². The second-order valence-corrected chi connectivity index (χ2v) is 4.64. The van der Waals surface area contributed by atoms with Crippen molar-refractivity contribution in [1.82, 2.24) is 5.32 Å². The molecule has 15 heavy (non-hydrogen) atoms. The molecule has 1 aliphatic rings. The van der Waals surface area contributed by atoms with Crippen molar-refractivity contribution in [2.24, 2.45) is 11.7 Å². The highest BCUT2D eigenvalue weighted by molar-refractivity contribution is 5.81. The van der Waals surface area contributed by atoms with Gasteiger partial charge in [-0.25, -0.2) is 0 Å². The summed E-state index contributed by atoms with van der Waals surface area (Å²) in [4.78, 5) is 11.5. The smallest absolute Gasteiger partial charge is 0.236 e. The first-order valence-electron chi connectivity index (χ1n) is 6.27. The average molecular weight is 212 g/mol. The quantitative estimate of drug-likeness (QED) is 0.730. The third-order valence-electron chi connectivity index (χ3n) is 3.23. The van der Waals surface area contributed by atoms with Crippen LogP contribution in [0.3, 0.4) is 0 Å². The predicted octanol–water partition coefficient (Wildman–Crippen LogP) is 1.81. The number of nitrogens with one attached hydrogen (secondary N) is 1. The lowest BCUT2D eigenvalue weighted by Gasteiger charge is -2.22. The summed E-state index contributed by atoms with van der Waals surface area (Å²) in [6.07, 6.45) is 8.30. The molecule has 1 atom stereocenters. The molecule has 0 aromatic carbocycles. The highest BCUT2D eigenvalue weighted by atomic mass is 16.2. The molecule has 1 amide bonds. The Bertz CT molecular complexity index is 188. The van der Waals surface area contributed by atoms with Gasteiger partial charge < -0.3 is 11.1 Å². The fourth-order valence-corrected chi connectivity index (χ4v) is 2.21. The van der Waals surface area contributed by atoms with Crippen LogP contribution >= 0.6 is 0 Å². The van der Waals surface area contributed by atoms with E-state index in [1.807, 2.05) is 6.92 Å². The van der Waals surface area contributed by atoms with Gasteiger partial charge in [-0.2, -0.15) is 0 Å². The third-order valence-corrected chi connectivity index (χ3v) is 3.23. The van der Waals surface area contributed by atoms with Crippen molar-refractivity contribution in [3.63, 3.8) is 0 Å². The van der Waals surface area contributed by atoms with Crippen molar-refractivity contribution in [2.45, 2.75) is 57.9 Å². The monoisotopic (exact) mass is 212 g/mol. The van der Waals surface area contributed by atoms with Gasteiger partial charge in [-0.05, 0) is 25.2 Å². The molecule has 0 spiro atoms. The SMILES string of the molecule is CCCC(N)C(=O)NCC1CCCCC1. The van der Waals surface area contributed by atoms with Crippen LogP contribution in [0.2, 0.25) is 0 Å². The van der Waals surface area contributed by atoms with Crippen LogP contribution in [0.15, 0.2) is 0 Å². The molecule has 88 valence electrons. The fraction of sp³-hybridized carbons (Fsp3) is 0.917. The Morgan fingerprint density at radius 1 is 1.40 bits per heavy atom. The van der Waals surface area contributed by atoms with Crippen LogP contribution in [0, 0.1) is 5.92 Å². The Morgan fingerprint density at radius 3 is 2.67 bits per heavy atom. The van der Waals surface area contributed by atoms with E-state index in [0.717, 1.165) is 19.4 Å². The van der Waals surface area contributed by atoms with Crippen molar-refractivity contribution < 1.29 is 4.79 Å². The summed E-state index contributed by atoms with van der Waals surface area (Å²) in [6, 6.07) is -0.307. The maximum absolute atomic E-state index is 11.5. The Labute approximate surface area is 92.8 Å². The summed E-state index contributed by atoms with van der Waals surface area (Å²) in [6.45, 7) is 2.88. The summed E-state index contributed by atoms with van der Waals surface area (Å²) in [5.41, 5.74) is 5.73. The van der Waals surface area contributed by atoms with Gasteiger partial charge in [0.1, 0.15) is 0 Å². The molecule has 0 bridgehead atoms. The molecular weight excluding hydrogens is 188 g/mol. The van der Waals surface area contributed by atoms with Crippen molar-refractivity contribution in [1.29, 1.82) is 0 Å². The maximum atomic E-state index is 11.5. The minimum Gasteiger partial charge on any atom is -0.354 e. The zero-order valence-electron chi connectivity index (χ0n) is 9.80. The average Bonchev–Trinajstić information content (AvgIpc) is 2.27. The number of nitrogens with two attached hydrogens (primary N) is 1. The molecule has 0 saturated heterocycles. The largest absolute Gasteiger partial charge is 0.354 e. The molecule has 1 fully saturated rings. The van der Waals surface area contributed by atoms with E-state index in [4.69, 9.17) is 5.73 Å². The number of hydrogen-bond donors (Lipinski definition) is 2. The van der Waals surface area contributed by atoms with Crippen molar-refractivity contribution in [3.05, 3.63) is 0 Å². The molecular formula is C12H24N2O. The number of rotatable bonds is 5. The second kappa shape index (κ2) is 6.83. The van der Waals surface area contributed by atoms with Crippen molar-refractivity contribution >= 4 is 5.91 Å². The van der Waals surface area contributed by atoms with Crippen molar-refractivity contribution in [2.75, 3.05) is 6.54 Å². The summed E-state index contributed by atoms with van der Waals surface area (Å²) in [5, 5.41) is 2.97. The van der Waals surface area contributed by atoms with Crippen LogP contribution in [0.25, 0.3) is 0 Å². The van der Waals surface area contributed by atoms with Gasteiger partial charge in [0, 0.05) is 6.54 Å². The molecule has 1 aliphatic carbocycles. The molecule has 0 radical (unpaired) electrons. The molecule has 0 aromatic rings. The Morgan fingerprint density at radius 2 is 2.07 bits per heavy atom. The first-order chi connectivity index (χ1) is 7.24. The summed E-state index contributed by atoms with van der Waals surface area (Å²) >= 11 is 0. The molecule has 1 rings (SSSR count). The van der Waals surface area contributed by atoms with Crippen molar-refractivity contribution in [3.8, 4) is 0 Å². The Balaban J connectivity index is 2.14. The molecule has 0 aromatic heterocycles. The Hall–Kier alpha value is -0.570. The maximum Gasteiger partial charge on any atom is 0.236 e. The lowest BCUT2D eigenvalue weighted by molar-refractivity contribution is -0.122. The molecule has 3 nitrogen and oxygen atoms in total. The topological polar surface area (TPSA) is 55.1 Å². The van der Waals surface area contributed by atoms with Gasteiger partial charge in [0.15, 0.2) is 0 Å². The minimum atomic E-state index is -0.307. The lowest BCUT2D eigenvalue weighted by Crippen LogP contribution is -2.42. The van der Waals surface area contributed by atoms with E-state index in [-0.39, 0.29) is 11.9 Å². The van der Waals surface area contributed by atoms with E-state index in [1.165, 1.54) is 32.1 Å². The lowest BCUT2D eigenvalue weighted by atomic mass is 9.89. The molecule has 3 heteroatoms. The number of carbonyl (C=O) groups excluding carboxylic acids is 1. The highest BCUT2D eigenvalue weighted by Gasteiger charge is 2.16. The molecule has 1 saturated carbocycles. The van der Waals surface area contributed by atoms with Crippen LogP contribution in [-0.2, 0) is 4.79 Å². The fourth-order valence-electron chi connectivity index (χ4n) is 2.21. The van der Waals surface area contributed by atoms with E-state index >= 15 is 0 Å².